The standard InChI is InChI=1S/C14H22N4O2/c1-4-6-11-7-10(8-12(15)18-11)14(20)17-9(3)13(19)16-5-2/h7-9H,4-6H2,1-3H3,(H2,15,18)(H,16,19)(H,17,20). The van der Waals surface area contributed by atoms with Gasteiger partial charge in [-0.2, -0.15) is 0 Å². The van der Waals surface area contributed by atoms with E-state index in [1.807, 2.05) is 13.8 Å². The zero-order valence-corrected chi connectivity index (χ0v) is 12.2. The molecule has 6 heteroatoms. The molecule has 0 aromatic carbocycles. The van der Waals surface area contributed by atoms with Crippen molar-refractivity contribution in [2.45, 2.75) is 39.7 Å². The number of nitrogens with two attached hydrogens (primary N) is 1. The summed E-state index contributed by atoms with van der Waals surface area (Å²) in [5, 5.41) is 5.30. The number of carbonyl (C=O) groups is 2. The summed E-state index contributed by atoms with van der Waals surface area (Å²) in [6, 6.07) is 2.63. The highest BCUT2D eigenvalue weighted by molar-refractivity contribution is 5.97. The third-order valence-electron chi connectivity index (χ3n) is 2.76. The summed E-state index contributed by atoms with van der Waals surface area (Å²) >= 11 is 0. The lowest BCUT2D eigenvalue weighted by atomic mass is 10.1. The van der Waals surface area contributed by atoms with Crippen molar-refractivity contribution in [2.75, 3.05) is 12.3 Å². The van der Waals surface area contributed by atoms with Crippen molar-refractivity contribution in [1.82, 2.24) is 15.6 Å². The van der Waals surface area contributed by atoms with Crippen LogP contribution < -0.4 is 16.4 Å². The molecule has 1 rings (SSSR count). The molecule has 6 nitrogen and oxygen atoms in total. The minimum atomic E-state index is -0.591. The number of aromatic nitrogens is 1. The number of amides is 2. The first-order valence-corrected chi connectivity index (χ1v) is 6.82. The number of anilines is 1. The topological polar surface area (TPSA) is 97.1 Å². The first kappa shape index (κ1) is 15.9. The maximum absolute atomic E-state index is 12.1. The van der Waals surface area contributed by atoms with E-state index in [4.69, 9.17) is 5.73 Å². The van der Waals surface area contributed by atoms with E-state index in [9.17, 15) is 9.59 Å². The molecule has 110 valence electrons. The van der Waals surface area contributed by atoms with Crippen molar-refractivity contribution < 1.29 is 9.59 Å². The van der Waals surface area contributed by atoms with Gasteiger partial charge in [-0.3, -0.25) is 9.59 Å². The van der Waals surface area contributed by atoms with E-state index in [-0.39, 0.29) is 11.8 Å². The predicted octanol–water partition coefficient (Wildman–Crippen LogP) is 0.871. The summed E-state index contributed by atoms with van der Waals surface area (Å²) < 4.78 is 0. The largest absolute Gasteiger partial charge is 0.384 e. The molecule has 1 unspecified atom stereocenters. The van der Waals surface area contributed by atoms with Gasteiger partial charge < -0.3 is 16.4 Å². The van der Waals surface area contributed by atoms with Crippen molar-refractivity contribution >= 4 is 17.6 Å². The fraction of sp³-hybridized carbons (Fsp3) is 0.500. The van der Waals surface area contributed by atoms with Crippen LogP contribution in [0.15, 0.2) is 12.1 Å². The highest BCUT2D eigenvalue weighted by atomic mass is 16.2. The van der Waals surface area contributed by atoms with Crippen LogP contribution >= 0.6 is 0 Å². The molecule has 1 atom stereocenters. The lowest BCUT2D eigenvalue weighted by Crippen LogP contribution is -2.44. The molecule has 0 aliphatic carbocycles. The Morgan fingerprint density at radius 2 is 2.05 bits per heavy atom. The van der Waals surface area contributed by atoms with Crippen LogP contribution in [0.3, 0.4) is 0 Å². The second-order valence-electron chi connectivity index (χ2n) is 4.61. The van der Waals surface area contributed by atoms with Crippen molar-refractivity contribution in [2.24, 2.45) is 0 Å². The van der Waals surface area contributed by atoms with Gasteiger partial charge in [0.05, 0.1) is 0 Å². The Morgan fingerprint density at radius 3 is 2.65 bits per heavy atom. The predicted molar refractivity (Wildman–Crippen MR) is 78.3 cm³/mol. The molecule has 20 heavy (non-hydrogen) atoms. The Kier molecular flexibility index (Phi) is 5.96. The molecule has 0 saturated heterocycles. The molecule has 0 radical (unpaired) electrons. The quantitative estimate of drug-likeness (QED) is 0.719. The highest BCUT2D eigenvalue weighted by Gasteiger charge is 2.16. The fourth-order valence-corrected chi connectivity index (χ4v) is 1.80. The summed E-state index contributed by atoms with van der Waals surface area (Å²) in [4.78, 5) is 27.8. The number of hydrogen-bond acceptors (Lipinski definition) is 4. The van der Waals surface area contributed by atoms with Gasteiger partial charge in [-0.05, 0) is 32.4 Å². The fourth-order valence-electron chi connectivity index (χ4n) is 1.80. The van der Waals surface area contributed by atoms with E-state index in [0.717, 1.165) is 18.5 Å². The van der Waals surface area contributed by atoms with Gasteiger partial charge in [0, 0.05) is 17.8 Å². The van der Waals surface area contributed by atoms with Crippen LogP contribution in [0.5, 0.6) is 0 Å². The molecule has 1 aromatic rings. The Bertz CT molecular complexity index is 488. The third-order valence-corrected chi connectivity index (χ3v) is 2.76. The number of carbonyl (C=O) groups excluding carboxylic acids is 2. The van der Waals surface area contributed by atoms with E-state index < -0.39 is 6.04 Å². The van der Waals surface area contributed by atoms with Crippen LogP contribution in [0, 0.1) is 0 Å². The number of nitrogens with zero attached hydrogens (tertiary/aromatic N) is 1. The highest BCUT2D eigenvalue weighted by Crippen LogP contribution is 2.10. The van der Waals surface area contributed by atoms with Gasteiger partial charge in [-0.25, -0.2) is 4.98 Å². The summed E-state index contributed by atoms with van der Waals surface area (Å²) in [6.45, 7) is 6.02. The first-order chi connectivity index (χ1) is 9.47. The van der Waals surface area contributed by atoms with Crippen molar-refractivity contribution in [3.8, 4) is 0 Å². The molecule has 0 saturated carbocycles. The second kappa shape index (κ2) is 7.47. The van der Waals surface area contributed by atoms with E-state index in [1.165, 1.54) is 6.07 Å². The van der Waals surface area contributed by atoms with Gasteiger partial charge in [0.15, 0.2) is 0 Å². The smallest absolute Gasteiger partial charge is 0.252 e. The number of aryl methyl sites for hydroxylation is 1. The number of nitrogens with one attached hydrogen (secondary N) is 2. The van der Waals surface area contributed by atoms with Crippen LogP contribution in [-0.4, -0.2) is 29.4 Å². The van der Waals surface area contributed by atoms with Crippen LogP contribution in [0.25, 0.3) is 0 Å². The summed E-state index contributed by atoms with van der Waals surface area (Å²) in [7, 11) is 0. The zero-order chi connectivity index (χ0) is 15.1. The van der Waals surface area contributed by atoms with E-state index >= 15 is 0 Å². The Hall–Kier alpha value is -2.11. The van der Waals surface area contributed by atoms with Gasteiger partial charge in [0.2, 0.25) is 5.91 Å². The minimum absolute atomic E-state index is 0.211. The number of hydrogen-bond donors (Lipinski definition) is 3. The lowest BCUT2D eigenvalue weighted by molar-refractivity contribution is -0.122. The first-order valence-electron chi connectivity index (χ1n) is 6.82. The molecule has 4 N–H and O–H groups in total. The summed E-state index contributed by atoms with van der Waals surface area (Å²) in [5.74, 6) is -0.223. The SMILES string of the molecule is CCCc1cc(C(=O)NC(C)C(=O)NCC)cc(N)n1. The van der Waals surface area contributed by atoms with E-state index in [1.54, 1.807) is 13.0 Å². The molecule has 2 amide bonds. The van der Waals surface area contributed by atoms with Crippen LogP contribution in [0.2, 0.25) is 0 Å². The molecule has 0 bridgehead atoms. The normalized spacial score (nSPS) is 11.8. The number of rotatable bonds is 6. The molecule has 1 heterocycles. The molecular formula is C14H22N4O2. The zero-order valence-electron chi connectivity index (χ0n) is 12.2. The Balaban J connectivity index is 2.79. The third kappa shape index (κ3) is 4.53. The summed E-state index contributed by atoms with van der Waals surface area (Å²) in [5.41, 5.74) is 6.90. The molecule has 0 spiro atoms. The molecule has 1 aromatic heterocycles. The van der Waals surface area contributed by atoms with Gasteiger partial charge in [0.1, 0.15) is 11.9 Å². The molecule has 0 aliphatic rings. The van der Waals surface area contributed by atoms with Crippen molar-refractivity contribution in [3.63, 3.8) is 0 Å². The van der Waals surface area contributed by atoms with Gasteiger partial charge >= 0.3 is 0 Å². The second-order valence-corrected chi connectivity index (χ2v) is 4.61. The molecule has 0 fully saturated rings. The van der Waals surface area contributed by atoms with Crippen LogP contribution in [0.1, 0.15) is 43.2 Å². The van der Waals surface area contributed by atoms with Gasteiger partial charge in [-0.15, -0.1) is 0 Å². The number of pyridine rings is 1. The minimum Gasteiger partial charge on any atom is -0.384 e. The van der Waals surface area contributed by atoms with Crippen molar-refractivity contribution in [1.29, 1.82) is 0 Å². The number of likely N-dealkylation sites (N-methyl/N-ethyl adjacent to an activating group) is 1. The monoisotopic (exact) mass is 278 g/mol. The maximum atomic E-state index is 12.1. The van der Waals surface area contributed by atoms with Gasteiger partial charge in [0.25, 0.3) is 5.91 Å². The average molecular weight is 278 g/mol. The Labute approximate surface area is 119 Å². The lowest BCUT2D eigenvalue weighted by Gasteiger charge is -2.14. The molecular weight excluding hydrogens is 256 g/mol. The Morgan fingerprint density at radius 1 is 1.35 bits per heavy atom. The van der Waals surface area contributed by atoms with Crippen LogP contribution in [-0.2, 0) is 11.2 Å². The molecule has 0 aliphatic heterocycles. The van der Waals surface area contributed by atoms with Gasteiger partial charge in [-0.1, -0.05) is 13.3 Å². The van der Waals surface area contributed by atoms with E-state index in [0.29, 0.717) is 17.9 Å². The average Bonchev–Trinajstić information content (AvgIpc) is 2.38. The van der Waals surface area contributed by atoms with Crippen LogP contribution in [0.4, 0.5) is 5.82 Å². The van der Waals surface area contributed by atoms with Crippen molar-refractivity contribution in [3.05, 3.63) is 23.4 Å². The maximum Gasteiger partial charge on any atom is 0.252 e. The van der Waals surface area contributed by atoms with E-state index in [2.05, 4.69) is 15.6 Å². The summed E-state index contributed by atoms with van der Waals surface area (Å²) in [6.07, 6.45) is 1.68. The number of nitrogen functional groups attached to an aromatic ring is 1.